The van der Waals surface area contributed by atoms with Crippen molar-refractivity contribution in [2.45, 2.75) is 69.1 Å². The van der Waals surface area contributed by atoms with Crippen LogP contribution in [0.15, 0.2) is 29.2 Å². The van der Waals surface area contributed by atoms with Crippen LogP contribution in [-0.2, 0) is 16.5 Å². The third kappa shape index (κ3) is 8.76. The zero-order valence-corrected chi connectivity index (χ0v) is 14.7. The number of unbranched alkanes of at least 4 members (excludes halogenated alkanes) is 8. The average molecular weight is 347 g/mol. The maximum absolute atomic E-state index is 10.9. The predicted molar refractivity (Wildman–Crippen MR) is 92.2 cm³/mol. The molecule has 0 aliphatic carbocycles. The summed E-state index contributed by atoms with van der Waals surface area (Å²) in [5.74, 6) is 0.783. The van der Waals surface area contributed by atoms with E-state index in [1.165, 1.54) is 57.1 Å². The van der Waals surface area contributed by atoms with Gasteiger partial charge in [0, 0.05) is 5.88 Å². The van der Waals surface area contributed by atoms with Crippen molar-refractivity contribution in [2.75, 3.05) is 5.88 Å². The van der Waals surface area contributed by atoms with Crippen molar-refractivity contribution in [2.24, 2.45) is 0 Å². The Morgan fingerprint density at radius 2 is 1.23 bits per heavy atom. The van der Waals surface area contributed by atoms with Crippen LogP contribution in [0.5, 0.6) is 0 Å². The first-order chi connectivity index (χ1) is 10.5. The monoisotopic (exact) mass is 346 g/mol. The molecule has 0 spiro atoms. The van der Waals surface area contributed by atoms with E-state index in [2.05, 4.69) is 0 Å². The smallest absolute Gasteiger partial charge is 0.282 e. The molecule has 0 aliphatic heterocycles. The molecule has 0 heterocycles. The highest BCUT2D eigenvalue weighted by molar-refractivity contribution is 7.85. The summed E-state index contributed by atoms with van der Waals surface area (Å²) in [6.07, 6.45) is 12.2. The Kier molecular flexibility index (Phi) is 9.76. The van der Waals surface area contributed by atoms with Crippen molar-refractivity contribution in [3.05, 3.63) is 29.8 Å². The SMILES string of the molecule is O=S(=O)(O)c1ccc(CCCCCCCCCCCCl)cc1. The van der Waals surface area contributed by atoms with Crippen LogP contribution >= 0.6 is 11.6 Å². The number of aryl methyl sites for hydroxylation is 1. The summed E-state index contributed by atoms with van der Waals surface area (Å²) in [5, 5.41) is 0. The highest BCUT2D eigenvalue weighted by Gasteiger charge is 2.08. The maximum Gasteiger partial charge on any atom is 0.294 e. The van der Waals surface area contributed by atoms with Crippen molar-refractivity contribution >= 4 is 21.7 Å². The Bertz CT molecular complexity index is 497. The molecular formula is C17H27ClO3S. The molecule has 0 atom stereocenters. The van der Waals surface area contributed by atoms with Crippen molar-refractivity contribution in [3.63, 3.8) is 0 Å². The van der Waals surface area contributed by atoms with Gasteiger partial charge in [-0.3, -0.25) is 4.55 Å². The van der Waals surface area contributed by atoms with Gasteiger partial charge in [-0.05, 0) is 37.0 Å². The van der Waals surface area contributed by atoms with Gasteiger partial charge in [-0.15, -0.1) is 11.6 Å². The molecule has 0 aliphatic rings. The molecule has 1 rings (SSSR count). The van der Waals surface area contributed by atoms with Gasteiger partial charge < -0.3 is 0 Å². The fourth-order valence-corrected chi connectivity index (χ4v) is 3.16. The van der Waals surface area contributed by atoms with Crippen LogP contribution in [0, 0.1) is 0 Å². The van der Waals surface area contributed by atoms with E-state index in [9.17, 15) is 8.42 Å². The van der Waals surface area contributed by atoms with E-state index >= 15 is 0 Å². The van der Waals surface area contributed by atoms with Crippen molar-refractivity contribution in [1.82, 2.24) is 0 Å². The van der Waals surface area contributed by atoms with Gasteiger partial charge in [0.1, 0.15) is 0 Å². The number of rotatable bonds is 12. The first kappa shape index (κ1) is 19.5. The summed E-state index contributed by atoms with van der Waals surface area (Å²) in [4.78, 5) is -0.0367. The van der Waals surface area contributed by atoms with Gasteiger partial charge in [0.2, 0.25) is 0 Å². The maximum atomic E-state index is 10.9. The standard InChI is InChI=1S/C17H27ClO3S/c18-15-9-7-5-3-1-2-4-6-8-10-16-11-13-17(14-12-16)22(19,20)21/h11-14H,1-10,15H2,(H,19,20,21). The van der Waals surface area contributed by atoms with Gasteiger partial charge in [-0.2, -0.15) is 8.42 Å². The molecule has 0 unspecified atom stereocenters. The largest absolute Gasteiger partial charge is 0.294 e. The van der Waals surface area contributed by atoms with Gasteiger partial charge in [0.15, 0.2) is 0 Å². The average Bonchev–Trinajstić information content (AvgIpc) is 2.49. The van der Waals surface area contributed by atoms with Crippen molar-refractivity contribution < 1.29 is 13.0 Å². The second kappa shape index (κ2) is 11.0. The van der Waals surface area contributed by atoms with E-state index in [4.69, 9.17) is 16.2 Å². The van der Waals surface area contributed by atoms with Crippen LogP contribution < -0.4 is 0 Å². The summed E-state index contributed by atoms with van der Waals surface area (Å²) in [5.41, 5.74) is 1.12. The van der Waals surface area contributed by atoms with Crippen molar-refractivity contribution in [1.29, 1.82) is 0 Å². The molecule has 0 fully saturated rings. The fraction of sp³-hybridized carbons (Fsp3) is 0.647. The van der Waals surface area contributed by atoms with Gasteiger partial charge in [-0.25, -0.2) is 0 Å². The highest BCUT2D eigenvalue weighted by atomic mass is 35.5. The minimum absolute atomic E-state index is 0.0367. The summed E-state index contributed by atoms with van der Waals surface area (Å²) in [6, 6.07) is 6.48. The molecule has 22 heavy (non-hydrogen) atoms. The summed E-state index contributed by atoms with van der Waals surface area (Å²) in [7, 11) is -4.07. The lowest BCUT2D eigenvalue weighted by molar-refractivity contribution is 0.483. The minimum atomic E-state index is -4.07. The molecule has 126 valence electrons. The van der Waals surface area contributed by atoms with E-state index < -0.39 is 10.1 Å². The first-order valence-electron chi connectivity index (χ1n) is 8.16. The Morgan fingerprint density at radius 1 is 0.773 bits per heavy atom. The Hall–Kier alpha value is -0.580. The van der Waals surface area contributed by atoms with Crippen LogP contribution in [0.25, 0.3) is 0 Å². The molecule has 5 heteroatoms. The van der Waals surface area contributed by atoms with E-state index in [1.54, 1.807) is 12.1 Å². The zero-order chi connectivity index (χ0) is 16.3. The fourth-order valence-electron chi connectivity index (χ4n) is 2.49. The molecule has 1 aromatic carbocycles. The lowest BCUT2D eigenvalue weighted by Gasteiger charge is -2.04. The zero-order valence-electron chi connectivity index (χ0n) is 13.1. The van der Waals surface area contributed by atoms with E-state index in [1.807, 2.05) is 0 Å². The molecule has 0 saturated carbocycles. The second-order valence-electron chi connectivity index (χ2n) is 5.74. The number of hydrogen-bond acceptors (Lipinski definition) is 2. The van der Waals surface area contributed by atoms with Crippen LogP contribution in [0.2, 0.25) is 0 Å². The highest BCUT2D eigenvalue weighted by Crippen LogP contribution is 2.14. The Labute approximate surface area is 139 Å². The van der Waals surface area contributed by atoms with Gasteiger partial charge in [0.25, 0.3) is 10.1 Å². The van der Waals surface area contributed by atoms with Gasteiger partial charge in [0.05, 0.1) is 4.90 Å². The Morgan fingerprint density at radius 3 is 1.68 bits per heavy atom. The first-order valence-corrected chi connectivity index (χ1v) is 10.1. The van der Waals surface area contributed by atoms with Gasteiger partial charge in [-0.1, -0.05) is 57.1 Å². The molecule has 1 aromatic rings. The summed E-state index contributed by atoms with van der Waals surface area (Å²) in [6.45, 7) is 0. The lowest BCUT2D eigenvalue weighted by Crippen LogP contribution is -1.98. The molecule has 1 N–H and O–H groups in total. The lowest BCUT2D eigenvalue weighted by atomic mass is 10.0. The van der Waals surface area contributed by atoms with E-state index in [-0.39, 0.29) is 4.90 Å². The molecular weight excluding hydrogens is 320 g/mol. The molecule has 0 bridgehead atoms. The topological polar surface area (TPSA) is 54.4 Å². The molecule has 0 amide bonds. The normalized spacial score (nSPS) is 11.7. The molecule has 0 saturated heterocycles. The van der Waals surface area contributed by atoms with Crippen LogP contribution in [-0.4, -0.2) is 18.9 Å². The Balaban J connectivity index is 2.05. The third-order valence-corrected chi connectivity index (χ3v) is 4.96. The van der Waals surface area contributed by atoms with Crippen LogP contribution in [0.3, 0.4) is 0 Å². The quantitative estimate of drug-likeness (QED) is 0.320. The summed E-state index contributed by atoms with van der Waals surface area (Å²) < 4.78 is 30.8. The predicted octanol–water partition coefficient (Wildman–Crippen LogP) is 5.23. The third-order valence-electron chi connectivity index (χ3n) is 3.82. The second-order valence-corrected chi connectivity index (χ2v) is 7.54. The molecule has 0 aromatic heterocycles. The molecule has 3 nitrogen and oxygen atoms in total. The number of halogens is 1. The van der Waals surface area contributed by atoms with Crippen molar-refractivity contribution in [3.8, 4) is 0 Å². The van der Waals surface area contributed by atoms with Crippen LogP contribution in [0.4, 0.5) is 0 Å². The number of alkyl halides is 1. The van der Waals surface area contributed by atoms with Crippen LogP contribution in [0.1, 0.15) is 63.4 Å². The van der Waals surface area contributed by atoms with E-state index in [0.29, 0.717) is 0 Å². The number of hydrogen-bond donors (Lipinski definition) is 1. The number of benzene rings is 1. The minimum Gasteiger partial charge on any atom is -0.282 e. The summed E-state index contributed by atoms with van der Waals surface area (Å²) >= 11 is 5.64. The van der Waals surface area contributed by atoms with E-state index in [0.717, 1.165) is 30.7 Å². The van der Waals surface area contributed by atoms with Gasteiger partial charge >= 0.3 is 0 Å². The molecule has 0 radical (unpaired) electrons.